The first kappa shape index (κ1) is 6.51. The van der Waals surface area contributed by atoms with Crippen molar-refractivity contribution < 1.29 is 5.11 Å². The van der Waals surface area contributed by atoms with Gasteiger partial charge in [-0.3, -0.25) is 0 Å². The number of rotatable bonds is 1. The Balaban J connectivity index is 2.85. The zero-order valence-electron chi connectivity index (χ0n) is 5.03. The maximum atomic E-state index is 8.95. The SMILES string of the molecule is CC(O)c1cnc(N)s1. The maximum Gasteiger partial charge on any atom is 0.180 e. The van der Waals surface area contributed by atoms with Crippen LogP contribution in [0.4, 0.5) is 5.13 Å². The van der Waals surface area contributed by atoms with E-state index < -0.39 is 6.10 Å². The summed E-state index contributed by atoms with van der Waals surface area (Å²) in [6.07, 6.45) is 1.14. The van der Waals surface area contributed by atoms with Gasteiger partial charge in [-0.15, -0.1) is 0 Å². The summed E-state index contributed by atoms with van der Waals surface area (Å²) < 4.78 is 0. The van der Waals surface area contributed by atoms with E-state index in [1.165, 1.54) is 11.3 Å². The minimum Gasteiger partial charge on any atom is -0.388 e. The van der Waals surface area contributed by atoms with Gasteiger partial charge in [0.15, 0.2) is 5.13 Å². The van der Waals surface area contributed by atoms with Gasteiger partial charge in [-0.05, 0) is 6.92 Å². The molecule has 0 spiro atoms. The average Bonchev–Trinajstić information content (AvgIpc) is 2.14. The standard InChI is InChI=1S/C5H8N2OS/c1-3(8)4-2-7-5(6)9-4/h2-3,8H,1H3,(H2,6,7). The fourth-order valence-corrected chi connectivity index (χ4v) is 1.12. The lowest BCUT2D eigenvalue weighted by Crippen LogP contribution is -1.83. The van der Waals surface area contributed by atoms with Gasteiger partial charge in [0.25, 0.3) is 0 Å². The normalized spacial score (nSPS) is 13.6. The Labute approximate surface area is 57.2 Å². The first-order chi connectivity index (χ1) is 4.20. The second-order valence-corrected chi connectivity index (χ2v) is 2.87. The summed E-state index contributed by atoms with van der Waals surface area (Å²) in [6, 6.07) is 0. The zero-order chi connectivity index (χ0) is 6.85. The van der Waals surface area contributed by atoms with Crippen LogP contribution in [-0.4, -0.2) is 10.1 Å². The van der Waals surface area contributed by atoms with Crippen molar-refractivity contribution in [2.24, 2.45) is 0 Å². The second kappa shape index (κ2) is 2.33. The summed E-state index contributed by atoms with van der Waals surface area (Å²) in [5.74, 6) is 0. The molecule has 4 heteroatoms. The molecule has 0 aliphatic rings. The molecule has 0 aromatic carbocycles. The summed E-state index contributed by atoms with van der Waals surface area (Å²) in [7, 11) is 0. The molecule has 0 aliphatic carbocycles. The molecule has 1 unspecified atom stereocenters. The molecule has 1 atom stereocenters. The third-order valence-corrected chi connectivity index (χ3v) is 1.95. The number of aliphatic hydroxyl groups is 1. The number of hydrogen-bond donors (Lipinski definition) is 2. The second-order valence-electron chi connectivity index (χ2n) is 1.78. The Morgan fingerprint density at radius 2 is 2.56 bits per heavy atom. The quantitative estimate of drug-likeness (QED) is 0.612. The number of aliphatic hydroxyl groups excluding tert-OH is 1. The van der Waals surface area contributed by atoms with E-state index in [2.05, 4.69) is 4.98 Å². The van der Waals surface area contributed by atoms with Crippen molar-refractivity contribution in [3.05, 3.63) is 11.1 Å². The fourth-order valence-electron chi connectivity index (χ4n) is 0.494. The summed E-state index contributed by atoms with van der Waals surface area (Å²) in [5.41, 5.74) is 5.31. The van der Waals surface area contributed by atoms with Crippen LogP contribution in [0.1, 0.15) is 17.9 Å². The Bertz CT molecular complexity index is 197. The molecule has 0 aliphatic heterocycles. The average molecular weight is 144 g/mol. The van der Waals surface area contributed by atoms with E-state index in [1.54, 1.807) is 13.1 Å². The summed E-state index contributed by atoms with van der Waals surface area (Å²) >= 11 is 1.31. The highest BCUT2D eigenvalue weighted by Gasteiger charge is 2.02. The number of hydrogen-bond acceptors (Lipinski definition) is 4. The highest BCUT2D eigenvalue weighted by molar-refractivity contribution is 7.15. The number of thiazole rings is 1. The number of nitrogens with zero attached hydrogens (tertiary/aromatic N) is 1. The monoisotopic (exact) mass is 144 g/mol. The van der Waals surface area contributed by atoms with Gasteiger partial charge in [0.05, 0.1) is 11.0 Å². The highest BCUT2D eigenvalue weighted by Crippen LogP contribution is 2.20. The largest absolute Gasteiger partial charge is 0.388 e. The molecule has 0 saturated carbocycles. The van der Waals surface area contributed by atoms with Gasteiger partial charge >= 0.3 is 0 Å². The predicted octanol–water partition coefficient (Wildman–Crippen LogP) is 0.779. The first-order valence-corrected chi connectivity index (χ1v) is 3.41. The molecule has 0 amide bonds. The van der Waals surface area contributed by atoms with Gasteiger partial charge in [-0.1, -0.05) is 11.3 Å². The molecule has 50 valence electrons. The number of anilines is 1. The third kappa shape index (κ3) is 1.40. The van der Waals surface area contributed by atoms with E-state index in [0.717, 1.165) is 4.88 Å². The lowest BCUT2D eigenvalue weighted by molar-refractivity contribution is 0.203. The molecule has 1 rings (SSSR count). The van der Waals surface area contributed by atoms with Crippen molar-refractivity contribution in [2.45, 2.75) is 13.0 Å². The van der Waals surface area contributed by atoms with Crippen molar-refractivity contribution in [2.75, 3.05) is 5.73 Å². The highest BCUT2D eigenvalue weighted by atomic mass is 32.1. The summed E-state index contributed by atoms with van der Waals surface area (Å²) in [6.45, 7) is 1.69. The van der Waals surface area contributed by atoms with Gasteiger partial charge in [0, 0.05) is 6.20 Å². The van der Waals surface area contributed by atoms with Crippen molar-refractivity contribution in [3.63, 3.8) is 0 Å². The van der Waals surface area contributed by atoms with Gasteiger partial charge in [-0.25, -0.2) is 4.98 Å². The molecule has 3 N–H and O–H groups in total. The fraction of sp³-hybridized carbons (Fsp3) is 0.400. The Morgan fingerprint density at radius 1 is 1.89 bits per heavy atom. The molecule has 0 bridgehead atoms. The minimum absolute atomic E-state index is 0.445. The molecule has 1 aromatic heterocycles. The number of aromatic nitrogens is 1. The summed E-state index contributed by atoms with van der Waals surface area (Å²) in [4.78, 5) is 4.59. The molecule has 1 heterocycles. The van der Waals surface area contributed by atoms with E-state index >= 15 is 0 Å². The van der Waals surface area contributed by atoms with Crippen LogP contribution in [0.5, 0.6) is 0 Å². The van der Waals surface area contributed by atoms with E-state index in [1.807, 2.05) is 0 Å². The molecular formula is C5H8N2OS. The molecular weight excluding hydrogens is 136 g/mol. The van der Waals surface area contributed by atoms with E-state index in [-0.39, 0.29) is 0 Å². The molecule has 0 radical (unpaired) electrons. The van der Waals surface area contributed by atoms with Crippen LogP contribution in [0.3, 0.4) is 0 Å². The number of nitrogens with two attached hydrogens (primary N) is 1. The van der Waals surface area contributed by atoms with Crippen LogP contribution in [-0.2, 0) is 0 Å². The predicted molar refractivity (Wildman–Crippen MR) is 37.2 cm³/mol. The zero-order valence-corrected chi connectivity index (χ0v) is 5.85. The van der Waals surface area contributed by atoms with Gasteiger partial charge < -0.3 is 10.8 Å². The van der Waals surface area contributed by atoms with E-state index in [9.17, 15) is 0 Å². The topological polar surface area (TPSA) is 59.1 Å². The maximum absolute atomic E-state index is 8.95. The van der Waals surface area contributed by atoms with Crippen LogP contribution in [0.25, 0.3) is 0 Å². The van der Waals surface area contributed by atoms with Gasteiger partial charge in [-0.2, -0.15) is 0 Å². The number of nitrogen functional groups attached to an aromatic ring is 1. The van der Waals surface area contributed by atoms with E-state index in [0.29, 0.717) is 5.13 Å². The molecule has 9 heavy (non-hydrogen) atoms. The van der Waals surface area contributed by atoms with Gasteiger partial charge in [0.2, 0.25) is 0 Å². The minimum atomic E-state index is -0.445. The van der Waals surface area contributed by atoms with Crippen molar-refractivity contribution >= 4 is 16.5 Å². The Morgan fingerprint density at radius 3 is 2.78 bits per heavy atom. The van der Waals surface area contributed by atoms with Crippen molar-refractivity contribution in [3.8, 4) is 0 Å². The Kier molecular flexibility index (Phi) is 1.68. The van der Waals surface area contributed by atoms with Crippen LogP contribution in [0.2, 0.25) is 0 Å². The Hall–Kier alpha value is -0.610. The lowest BCUT2D eigenvalue weighted by atomic mass is 10.4. The van der Waals surface area contributed by atoms with Crippen LogP contribution in [0.15, 0.2) is 6.20 Å². The first-order valence-electron chi connectivity index (χ1n) is 2.59. The van der Waals surface area contributed by atoms with Gasteiger partial charge in [0.1, 0.15) is 0 Å². The molecule has 1 aromatic rings. The van der Waals surface area contributed by atoms with Crippen LogP contribution < -0.4 is 5.73 Å². The molecule has 0 fully saturated rings. The molecule has 3 nitrogen and oxygen atoms in total. The third-order valence-electron chi connectivity index (χ3n) is 0.953. The van der Waals surface area contributed by atoms with Crippen molar-refractivity contribution in [1.29, 1.82) is 0 Å². The lowest BCUT2D eigenvalue weighted by Gasteiger charge is -1.94. The van der Waals surface area contributed by atoms with Crippen LogP contribution in [0, 0.1) is 0 Å². The summed E-state index contributed by atoms with van der Waals surface area (Å²) in [5, 5.41) is 9.46. The van der Waals surface area contributed by atoms with Crippen molar-refractivity contribution in [1.82, 2.24) is 4.98 Å². The smallest absolute Gasteiger partial charge is 0.180 e. The van der Waals surface area contributed by atoms with Crippen LogP contribution >= 0.6 is 11.3 Å². The van der Waals surface area contributed by atoms with E-state index in [4.69, 9.17) is 10.8 Å². The molecule has 0 saturated heterocycles.